The highest BCUT2D eigenvalue weighted by Gasteiger charge is 2.16. The highest BCUT2D eigenvalue weighted by atomic mass is 16.7. The number of amides is 2. The van der Waals surface area contributed by atoms with Gasteiger partial charge in [-0.1, -0.05) is 12.1 Å². The second-order valence-electron chi connectivity index (χ2n) is 5.77. The molecule has 0 saturated heterocycles. The molecule has 9 heteroatoms. The lowest BCUT2D eigenvalue weighted by atomic mass is 10.1. The third-order valence-corrected chi connectivity index (χ3v) is 3.95. The van der Waals surface area contributed by atoms with Crippen LogP contribution in [0.15, 0.2) is 55.1 Å². The third kappa shape index (κ3) is 3.71. The summed E-state index contributed by atoms with van der Waals surface area (Å²) < 4.78 is 12.1. The Kier molecular flexibility index (Phi) is 4.40. The quantitative estimate of drug-likeness (QED) is 0.671. The number of hydrogen-bond acceptors (Lipinski definition) is 6. The number of nitrogens with one attached hydrogen (secondary N) is 2. The van der Waals surface area contributed by atoms with Crippen LogP contribution < -0.4 is 20.3 Å². The van der Waals surface area contributed by atoms with Crippen molar-refractivity contribution in [3.05, 3.63) is 71.8 Å². The van der Waals surface area contributed by atoms with Gasteiger partial charge in [-0.05, 0) is 35.9 Å². The summed E-state index contributed by atoms with van der Waals surface area (Å²) in [5.74, 6) is 0.208. The molecule has 0 radical (unpaired) electrons. The third-order valence-electron chi connectivity index (χ3n) is 3.95. The molecule has 0 aliphatic carbocycles. The summed E-state index contributed by atoms with van der Waals surface area (Å²) in [7, 11) is 0. The first-order chi connectivity index (χ1) is 13.2. The molecule has 27 heavy (non-hydrogen) atoms. The van der Waals surface area contributed by atoms with Gasteiger partial charge in [0.2, 0.25) is 6.79 Å². The van der Waals surface area contributed by atoms with Crippen LogP contribution in [0, 0.1) is 0 Å². The van der Waals surface area contributed by atoms with E-state index in [2.05, 4.69) is 20.9 Å². The Balaban J connectivity index is 1.34. The van der Waals surface area contributed by atoms with Crippen LogP contribution in [0.2, 0.25) is 0 Å². The van der Waals surface area contributed by atoms with Crippen LogP contribution in [-0.2, 0) is 6.54 Å². The van der Waals surface area contributed by atoms with Gasteiger partial charge >= 0.3 is 0 Å². The fourth-order valence-electron chi connectivity index (χ4n) is 2.56. The van der Waals surface area contributed by atoms with E-state index in [0.717, 1.165) is 5.56 Å². The normalized spacial score (nSPS) is 11.9. The second kappa shape index (κ2) is 7.16. The van der Waals surface area contributed by atoms with Crippen molar-refractivity contribution in [2.75, 3.05) is 6.79 Å². The van der Waals surface area contributed by atoms with Gasteiger partial charge < -0.3 is 9.47 Å². The number of fused-ring (bicyclic) bond motifs is 1. The van der Waals surface area contributed by atoms with E-state index in [0.29, 0.717) is 29.2 Å². The van der Waals surface area contributed by atoms with Crippen molar-refractivity contribution in [2.24, 2.45) is 0 Å². The molecule has 0 atom stereocenters. The van der Waals surface area contributed by atoms with E-state index in [1.54, 1.807) is 41.3 Å². The van der Waals surface area contributed by atoms with Crippen molar-refractivity contribution in [3.63, 3.8) is 0 Å². The lowest BCUT2D eigenvalue weighted by Gasteiger charge is -2.08. The summed E-state index contributed by atoms with van der Waals surface area (Å²) in [6, 6.07) is 11.8. The van der Waals surface area contributed by atoms with Crippen LogP contribution in [0.3, 0.4) is 0 Å². The number of hydrazine groups is 1. The van der Waals surface area contributed by atoms with E-state index in [-0.39, 0.29) is 6.79 Å². The number of aromatic nitrogens is 3. The highest BCUT2D eigenvalue weighted by Crippen LogP contribution is 2.32. The molecule has 0 saturated carbocycles. The summed E-state index contributed by atoms with van der Waals surface area (Å²) in [6.07, 6.45) is 3.08. The molecule has 0 fully saturated rings. The Morgan fingerprint density at radius 1 is 0.963 bits per heavy atom. The molecule has 2 amide bonds. The maximum Gasteiger partial charge on any atom is 0.269 e. The Bertz CT molecular complexity index is 970. The van der Waals surface area contributed by atoms with Crippen molar-refractivity contribution < 1.29 is 19.1 Å². The maximum absolute atomic E-state index is 12.2. The van der Waals surface area contributed by atoms with Crippen LogP contribution in [0.5, 0.6) is 11.5 Å². The number of carbonyl (C=O) groups is 2. The molecular weight excluding hydrogens is 350 g/mol. The molecule has 1 aliphatic rings. The van der Waals surface area contributed by atoms with E-state index in [1.807, 2.05) is 12.1 Å². The molecule has 3 aromatic rings. The summed E-state index contributed by atoms with van der Waals surface area (Å²) >= 11 is 0. The Morgan fingerprint density at radius 3 is 2.41 bits per heavy atom. The van der Waals surface area contributed by atoms with E-state index in [9.17, 15) is 9.59 Å². The van der Waals surface area contributed by atoms with Crippen LogP contribution in [0.1, 0.15) is 26.3 Å². The molecule has 136 valence electrons. The van der Waals surface area contributed by atoms with Crippen molar-refractivity contribution in [1.82, 2.24) is 25.6 Å². The van der Waals surface area contributed by atoms with Crippen molar-refractivity contribution >= 4 is 11.8 Å². The van der Waals surface area contributed by atoms with Gasteiger partial charge in [0.05, 0.1) is 6.54 Å². The van der Waals surface area contributed by atoms with Crippen LogP contribution in [0.4, 0.5) is 0 Å². The summed E-state index contributed by atoms with van der Waals surface area (Å²) in [6.45, 7) is 0.687. The number of nitrogens with zero attached hydrogens (tertiary/aromatic N) is 3. The van der Waals surface area contributed by atoms with Crippen LogP contribution >= 0.6 is 0 Å². The molecule has 0 bridgehead atoms. The molecular formula is C18H15N5O4. The number of carbonyl (C=O) groups excluding carboxylic acids is 2. The average molecular weight is 365 g/mol. The van der Waals surface area contributed by atoms with E-state index in [1.165, 1.54) is 6.33 Å². The van der Waals surface area contributed by atoms with Gasteiger partial charge in [-0.15, -0.1) is 0 Å². The predicted octanol–water partition coefficient (Wildman–Crippen LogP) is 1.13. The predicted molar refractivity (Wildman–Crippen MR) is 93.1 cm³/mol. The standard InChI is InChI=1S/C18H15N5O4/c24-17(13-3-1-12(2-4-13)8-23-10-19-9-20-23)21-22-18(25)14-5-6-15-16(7-14)27-11-26-15/h1-7,9-10H,8,11H2,(H,21,24)(H,22,25). The summed E-state index contributed by atoms with van der Waals surface area (Å²) in [5.41, 5.74) is 6.52. The van der Waals surface area contributed by atoms with Crippen molar-refractivity contribution in [3.8, 4) is 11.5 Å². The van der Waals surface area contributed by atoms with Gasteiger partial charge in [0.1, 0.15) is 12.7 Å². The van der Waals surface area contributed by atoms with Gasteiger partial charge in [-0.2, -0.15) is 5.10 Å². The summed E-state index contributed by atoms with van der Waals surface area (Å²) in [5, 5.41) is 4.03. The molecule has 2 N–H and O–H groups in total. The van der Waals surface area contributed by atoms with Gasteiger partial charge in [0.25, 0.3) is 11.8 Å². The van der Waals surface area contributed by atoms with Gasteiger partial charge in [0, 0.05) is 11.1 Å². The Labute approximate surface area is 153 Å². The topological polar surface area (TPSA) is 107 Å². The zero-order chi connectivity index (χ0) is 18.6. The molecule has 1 aromatic heterocycles. The zero-order valence-electron chi connectivity index (χ0n) is 14.1. The Morgan fingerprint density at radius 2 is 1.67 bits per heavy atom. The smallest absolute Gasteiger partial charge is 0.269 e. The number of benzene rings is 2. The molecule has 4 rings (SSSR count). The maximum atomic E-state index is 12.2. The minimum Gasteiger partial charge on any atom is -0.454 e. The van der Waals surface area contributed by atoms with Crippen LogP contribution in [-0.4, -0.2) is 33.4 Å². The molecule has 2 heterocycles. The van der Waals surface area contributed by atoms with E-state index < -0.39 is 11.8 Å². The van der Waals surface area contributed by atoms with Crippen molar-refractivity contribution in [2.45, 2.75) is 6.54 Å². The first-order valence-electron chi connectivity index (χ1n) is 8.11. The highest BCUT2D eigenvalue weighted by molar-refractivity contribution is 5.99. The molecule has 2 aromatic carbocycles. The van der Waals surface area contributed by atoms with Gasteiger partial charge in [-0.3, -0.25) is 20.4 Å². The van der Waals surface area contributed by atoms with Crippen molar-refractivity contribution in [1.29, 1.82) is 0 Å². The SMILES string of the molecule is O=C(NNC(=O)c1ccc2c(c1)OCO2)c1ccc(Cn2cncn2)cc1. The van der Waals surface area contributed by atoms with Gasteiger partial charge in [-0.25, -0.2) is 9.67 Å². The fourth-order valence-corrected chi connectivity index (χ4v) is 2.56. The lowest BCUT2D eigenvalue weighted by Crippen LogP contribution is -2.41. The first-order valence-corrected chi connectivity index (χ1v) is 8.11. The zero-order valence-corrected chi connectivity index (χ0v) is 14.1. The van der Waals surface area contributed by atoms with E-state index in [4.69, 9.17) is 9.47 Å². The molecule has 1 aliphatic heterocycles. The number of rotatable bonds is 4. The number of ether oxygens (including phenoxy) is 2. The molecule has 9 nitrogen and oxygen atoms in total. The minimum absolute atomic E-state index is 0.129. The molecule has 0 spiro atoms. The Hall–Kier alpha value is -3.88. The molecule has 0 unspecified atom stereocenters. The van der Waals surface area contributed by atoms with E-state index >= 15 is 0 Å². The monoisotopic (exact) mass is 365 g/mol. The average Bonchev–Trinajstić information content (AvgIpc) is 3.37. The largest absolute Gasteiger partial charge is 0.454 e. The number of hydrogen-bond donors (Lipinski definition) is 2. The summed E-state index contributed by atoms with van der Waals surface area (Å²) in [4.78, 5) is 28.3. The fraction of sp³-hybridized carbons (Fsp3) is 0.111. The van der Waals surface area contributed by atoms with Crippen LogP contribution in [0.25, 0.3) is 0 Å². The minimum atomic E-state index is -0.454. The van der Waals surface area contributed by atoms with Gasteiger partial charge in [0.15, 0.2) is 11.5 Å². The first kappa shape index (κ1) is 16.6. The lowest BCUT2D eigenvalue weighted by molar-refractivity contribution is 0.0846. The second-order valence-corrected chi connectivity index (χ2v) is 5.77.